The number of thiophene rings is 1. The molecule has 0 saturated carbocycles. The molecule has 0 saturated heterocycles. The van der Waals surface area contributed by atoms with Crippen molar-refractivity contribution < 1.29 is 14.3 Å². The maximum atomic E-state index is 12.3. The Morgan fingerprint density at radius 3 is 2.76 bits per heavy atom. The third-order valence-corrected chi connectivity index (χ3v) is 6.75. The van der Waals surface area contributed by atoms with Gasteiger partial charge >= 0.3 is 0 Å². The lowest BCUT2D eigenvalue weighted by Gasteiger charge is -2.09. The molecule has 0 spiro atoms. The van der Waals surface area contributed by atoms with Gasteiger partial charge in [0.05, 0.1) is 17.1 Å². The Kier molecular flexibility index (Phi) is 7.10. The lowest BCUT2D eigenvalue weighted by Crippen LogP contribution is -2.33. The molecule has 0 fully saturated rings. The molecular weight excluding hydrogens is 542 g/mol. The van der Waals surface area contributed by atoms with E-state index in [1.165, 1.54) is 17.4 Å². The van der Waals surface area contributed by atoms with Crippen molar-refractivity contribution in [3.8, 4) is 5.75 Å². The predicted octanol–water partition coefficient (Wildman–Crippen LogP) is 4.40. The van der Waals surface area contributed by atoms with E-state index < -0.39 is 11.8 Å². The maximum Gasteiger partial charge on any atom is 0.251 e. The van der Waals surface area contributed by atoms with Gasteiger partial charge in [0, 0.05) is 21.0 Å². The molecule has 0 radical (unpaired) electrons. The highest BCUT2D eigenvalue weighted by atomic mass is 79.9. The van der Waals surface area contributed by atoms with Crippen LogP contribution in [0.1, 0.15) is 32.8 Å². The molecule has 1 aliphatic carbocycles. The smallest absolute Gasteiger partial charge is 0.251 e. The molecule has 0 unspecified atom stereocenters. The number of fused-ring (bicyclic) bond motifs is 1. The zero-order valence-corrected chi connectivity index (χ0v) is 20.1. The Labute approximate surface area is 194 Å². The molecule has 6 nitrogen and oxygen atoms in total. The van der Waals surface area contributed by atoms with E-state index in [-0.39, 0.29) is 5.11 Å². The standard InChI is InChI=1S/C19H17Br2N3O3S2/c1-27-16-9(7-10(20)8-12(16)21)5-6-14(25)23-19(28)24-18-15(17(22)26)11-3-2-4-13(11)29-18/h5-8H,2-4H2,1H3,(H2,22,26)(H2,23,24,25,28). The van der Waals surface area contributed by atoms with Gasteiger partial charge in [-0.3, -0.25) is 14.9 Å². The molecule has 0 aliphatic heterocycles. The Balaban J connectivity index is 1.69. The van der Waals surface area contributed by atoms with Crippen LogP contribution in [0.5, 0.6) is 5.75 Å². The van der Waals surface area contributed by atoms with Crippen molar-refractivity contribution in [3.63, 3.8) is 0 Å². The molecule has 0 atom stereocenters. The van der Waals surface area contributed by atoms with E-state index in [1.807, 2.05) is 12.1 Å². The Morgan fingerprint density at radius 1 is 1.31 bits per heavy atom. The van der Waals surface area contributed by atoms with Crippen molar-refractivity contribution in [2.45, 2.75) is 19.3 Å². The van der Waals surface area contributed by atoms with Crippen LogP contribution in [0.2, 0.25) is 0 Å². The van der Waals surface area contributed by atoms with Crippen molar-refractivity contribution in [1.29, 1.82) is 0 Å². The van der Waals surface area contributed by atoms with Crippen molar-refractivity contribution >= 4 is 83.4 Å². The molecule has 4 N–H and O–H groups in total. The third-order valence-electron chi connectivity index (χ3n) is 4.29. The minimum atomic E-state index is -0.492. The third kappa shape index (κ3) is 5.06. The van der Waals surface area contributed by atoms with E-state index in [1.54, 1.807) is 13.2 Å². The van der Waals surface area contributed by atoms with Gasteiger partial charge in [-0.1, -0.05) is 15.9 Å². The van der Waals surface area contributed by atoms with Crippen LogP contribution in [0, 0.1) is 0 Å². The molecule has 1 heterocycles. The molecule has 2 amide bonds. The molecule has 152 valence electrons. The average molecular weight is 559 g/mol. The lowest BCUT2D eigenvalue weighted by molar-refractivity contribution is -0.115. The van der Waals surface area contributed by atoms with Crippen molar-refractivity contribution in [3.05, 3.63) is 48.7 Å². The summed E-state index contributed by atoms with van der Waals surface area (Å²) in [7, 11) is 1.55. The van der Waals surface area contributed by atoms with Gasteiger partial charge in [0.15, 0.2) is 5.11 Å². The van der Waals surface area contributed by atoms with Crippen LogP contribution < -0.4 is 21.1 Å². The highest BCUT2D eigenvalue weighted by molar-refractivity contribution is 9.11. The monoisotopic (exact) mass is 557 g/mol. The molecular formula is C19H17Br2N3O3S2. The molecule has 1 aromatic heterocycles. The number of hydrogen-bond donors (Lipinski definition) is 3. The van der Waals surface area contributed by atoms with Crippen LogP contribution >= 0.6 is 55.4 Å². The molecule has 10 heteroatoms. The van der Waals surface area contributed by atoms with Crippen LogP contribution in [-0.4, -0.2) is 24.0 Å². The summed E-state index contributed by atoms with van der Waals surface area (Å²) in [6.07, 6.45) is 5.75. The quantitative estimate of drug-likeness (QED) is 0.374. The number of nitrogens with one attached hydrogen (secondary N) is 2. The van der Waals surface area contributed by atoms with Crippen LogP contribution in [0.15, 0.2) is 27.2 Å². The largest absolute Gasteiger partial charge is 0.495 e. The number of halogens is 2. The second kappa shape index (κ2) is 9.38. The van der Waals surface area contributed by atoms with Crippen LogP contribution in [-0.2, 0) is 17.6 Å². The highest BCUT2D eigenvalue weighted by Crippen LogP contribution is 2.38. The van der Waals surface area contributed by atoms with Gasteiger partial charge in [0.1, 0.15) is 10.8 Å². The number of ether oxygens (including phenoxy) is 1. The molecule has 3 rings (SSSR count). The molecule has 2 aromatic rings. The van der Waals surface area contributed by atoms with Crippen molar-refractivity contribution in [2.75, 3.05) is 12.4 Å². The number of carbonyl (C=O) groups excluding carboxylic acids is 2. The Bertz CT molecular complexity index is 1030. The normalized spacial score (nSPS) is 12.7. The van der Waals surface area contributed by atoms with Crippen molar-refractivity contribution in [1.82, 2.24) is 5.32 Å². The lowest BCUT2D eigenvalue weighted by atomic mass is 10.1. The number of thiocarbonyl (C=S) groups is 1. The Morgan fingerprint density at radius 2 is 2.07 bits per heavy atom. The number of amides is 2. The van der Waals surface area contributed by atoms with E-state index in [0.29, 0.717) is 21.9 Å². The fourth-order valence-corrected chi connectivity index (χ4v) is 6.11. The second-order valence-electron chi connectivity index (χ2n) is 6.21. The number of anilines is 1. The SMILES string of the molecule is COc1c(Br)cc(Br)cc1C=CC(=O)NC(=S)Nc1sc2c(c1C(N)=O)CCC2. The summed E-state index contributed by atoms with van der Waals surface area (Å²) in [4.78, 5) is 25.3. The summed E-state index contributed by atoms with van der Waals surface area (Å²) in [5, 5.41) is 6.20. The van der Waals surface area contributed by atoms with Crippen LogP contribution in [0.3, 0.4) is 0 Å². The maximum absolute atomic E-state index is 12.3. The van der Waals surface area contributed by atoms with Gasteiger partial charge in [0.25, 0.3) is 5.91 Å². The minimum absolute atomic E-state index is 0.101. The number of benzene rings is 1. The molecule has 1 aromatic carbocycles. The summed E-state index contributed by atoms with van der Waals surface area (Å²) in [6, 6.07) is 3.68. The molecule has 1 aliphatic rings. The Hall–Kier alpha value is -1.75. The number of methoxy groups -OCH3 is 1. The average Bonchev–Trinajstić information content (AvgIpc) is 3.19. The first-order valence-corrected chi connectivity index (χ1v) is 11.4. The van der Waals surface area contributed by atoms with Gasteiger partial charge in [0.2, 0.25) is 5.91 Å². The number of carbonyl (C=O) groups is 2. The number of primary amides is 1. The van der Waals surface area contributed by atoms with Gasteiger partial charge in [-0.25, -0.2) is 0 Å². The summed E-state index contributed by atoms with van der Waals surface area (Å²) < 4.78 is 6.96. The molecule has 0 bridgehead atoms. The highest BCUT2D eigenvalue weighted by Gasteiger charge is 2.25. The van der Waals surface area contributed by atoms with Gasteiger partial charge in [-0.05, 0) is 71.2 Å². The zero-order chi connectivity index (χ0) is 21.1. The first kappa shape index (κ1) is 21.9. The fourth-order valence-electron chi connectivity index (χ4n) is 3.13. The number of aryl methyl sites for hydroxylation is 1. The topological polar surface area (TPSA) is 93.4 Å². The zero-order valence-electron chi connectivity index (χ0n) is 15.3. The number of rotatable bonds is 5. The summed E-state index contributed by atoms with van der Waals surface area (Å²) in [5.74, 6) is -0.296. The fraction of sp³-hybridized carbons (Fsp3) is 0.211. The van der Waals surface area contributed by atoms with Gasteiger partial charge in [-0.2, -0.15) is 0 Å². The van der Waals surface area contributed by atoms with Crippen LogP contribution in [0.25, 0.3) is 6.08 Å². The molecule has 29 heavy (non-hydrogen) atoms. The first-order chi connectivity index (χ1) is 13.8. The number of hydrogen-bond acceptors (Lipinski definition) is 5. The van der Waals surface area contributed by atoms with Gasteiger partial charge in [-0.15, -0.1) is 11.3 Å². The summed E-state index contributed by atoms with van der Waals surface area (Å²) in [5.41, 5.74) is 7.72. The van der Waals surface area contributed by atoms with E-state index in [4.69, 9.17) is 22.7 Å². The summed E-state index contributed by atoms with van der Waals surface area (Å²) in [6.45, 7) is 0. The van der Waals surface area contributed by atoms with Gasteiger partial charge < -0.3 is 15.8 Å². The minimum Gasteiger partial charge on any atom is -0.495 e. The van der Waals surface area contributed by atoms with Crippen molar-refractivity contribution in [2.24, 2.45) is 5.73 Å². The van der Waals surface area contributed by atoms with E-state index in [9.17, 15) is 9.59 Å². The van der Waals surface area contributed by atoms with E-state index in [2.05, 4.69) is 42.5 Å². The van der Waals surface area contributed by atoms with E-state index in [0.717, 1.165) is 38.6 Å². The van der Waals surface area contributed by atoms with E-state index >= 15 is 0 Å². The summed E-state index contributed by atoms with van der Waals surface area (Å²) >= 11 is 13.5. The first-order valence-electron chi connectivity index (χ1n) is 8.57. The van der Waals surface area contributed by atoms with Crippen LogP contribution in [0.4, 0.5) is 5.00 Å². The predicted molar refractivity (Wildman–Crippen MR) is 127 cm³/mol. The second-order valence-corrected chi connectivity index (χ2v) is 9.50. The number of nitrogens with two attached hydrogens (primary N) is 1.